The molecule has 0 spiro atoms. The van der Waals surface area contributed by atoms with Gasteiger partial charge < -0.3 is 5.32 Å². The molecule has 7 nitrogen and oxygen atoms in total. The molecule has 0 atom stereocenters. The van der Waals surface area contributed by atoms with E-state index in [4.69, 9.17) is 11.6 Å². The second-order valence-electron chi connectivity index (χ2n) is 5.44. The highest BCUT2D eigenvalue weighted by atomic mass is 35.5. The lowest BCUT2D eigenvalue weighted by Crippen LogP contribution is -2.22. The van der Waals surface area contributed by atoms with E-state index < -0.39 is 10.5 Å². The highest BCUT2D eigenvalue weighted by Crippen LogP contribution is 2.21. The molecule has 0 aliphatic heterocycles. The molecule has 0 saturated heterocycles. The van der Waals surface area contributed by atoms with Crippen LogP contribution in [0.5, 0.6) is 0 Å². The van der Waals surface area contributed by atoms with Gasteiger partial charge in [0.25, 0.3) is 11.2 Å². The SMILES string of the molecule is CCc1ccc(CNc2cnn(-c3ccc([N+](=O)[O-])cc3)c(=O)c2Cl)s1. The van der Waals surface area contributed by atoms with Gasteiger partial charge in [-0.05, 0) is 30.7 Å². The van der Waals surface area contributed by atoms with Crippen LogP contribution in [-0.4, -0.2) is 14.7 Å². The molecule has 1 N–H and O–H groups in total. The van der Waals surface area contributed by atoms with Crippen molar-refractivity contribution in [2.24, 2.45) is 0 Å². The van der Waals surface area contributed by atoms with Crippen LogP contribution in [0.25, 0.3) is 5.69 Å². The molecule has 0 radical (unpaired) electrons. The normalized spacial score (nSPS) is 10.7. The number of nitro benzene ring substituents is 1. The Bertz CT molecular complexity index is 998. The largest absolute Gasteiger partial charge is 0.377 e. The summed E-state index contributed by atoms with van der Waals surface area (Å²) in [5.41, 5.74) is 0.292. The molecule has 0 fully saturated rings. The number of nitrogens with zero attached hydrogens (tertiary/aromatic N) is 3. The lowest BCUT2D eigenvalue weighted by Gasteiger charge is -2.09. The van der Waals surface area contributed by atoms with E-state index in [1.807, 2.05) is 6.07 Å². The van der Waals surface area contributed by atoms with Gasteiger partial charge in [0.2, 0.25) is 0 Å². The number of hydrogen-bond donors (Lipinski definition) is 1. The topological polar surface area (TPSA) is 90.1 Å². The van der Waals surface area contributed by atoms with Crippen LogP contribution >= 0.6 is 22.9 Å². The molecule has 3 rings (SSSR count). The Balaban J connectivity index is 1.81. The molecule has 2 heterocycles. The summed E-state index contributed by atoms with van der Waals surface area (Å²) in [7, 11) is 0. The number of hydrogen-bond acceptors (Lipinski definition) is 6. The van der Waals surface area contributed by atoms with Crippen LogP contribution in [0.1, 0.15) is 16.7 Å². The Morgan fingerprint density at radius 1 is 1.23 bits per heavy atom. The molecule has 26 heavy (non-hydrogen) atoms. The van der Waals surface area contributed by atoms with Crippen LogP contribution in [0, 0.1) is 10.1 Å². The molecule has 0 unspecified atom stereocenters. The maximum atomic E-state index is 12.5. The molecule has 2 aromatic heterocycles. The van der Waals surface area contributed by atoms with Gasteiger partial charge in [-0.1, -0.05) is 18.5 Å². The number of anilines is 1. The fourth-order valence-corrected chi connectivity index (χ4v) is 3.44. The van der Waals surface area contributed by atoms with Crippen molar-refractivity contribution in [1.82, 2.24) is 9.78 Å². The van der Waals surface area contributed by atoms with E-state index in [0.29, 0.717) is 17.9 Å². The maximum Gasteiger partial charge on any atom is 0.292 e. The van der Waals surface area contributed by atoms with Crippen molar-refractivity contribution in [2.75, 3.05) is 5.32 Å². The van der Waals surface area contributed by atoms with Gasteiger partial charge in [0.15, 0.2) is 0 Å². The van der Waals surface area contributed by atoms with Crippen LogP contribution < -0.4 is 10.9 Å². The van der Waals surface area contributed by atoms with Crippen molar-refractivity contribution in [2.45, 2.75) is 19.9 Å². The zero-order chi connectivity index (χ0) is 18.7. The second-order valence-corrected chi connectivity index (χ2v) is 7.07. The molecule has 134 valence electrons. The Morgan fingerprint density at radius 2 is 1.92 bits per heavy atom. The summed E-state index contributed by atoms with van der Waals surface area (Å²) in [6.45, 7) is 2.65. The van der Waals surface area contributed by atoms with Crippen molar-refractivity contribution < 1.29 is 4.92 Å². The molecule has 0 saturated carbocycles. The average Bonchev–Trinajstić information content (AvgIpc) is 3.11. The molecule has 0 amide bonds. The molecule has 0 bridgehead atoms. The molecule has 0 aliphatic rings. The fourth-order valence-electron chi connectivity index (χ4n) is 2.35. The van der Waals surface area contributed by atoms with E-state index in [-0.39, 0.29) is 10.7 Å². The van der Waals surface area contributed by atoms with Crippen molar-refractivity contribution in [3.63, 3.8) is 0 Å². The maximum absolute atomic E-state index is 12.5. The summed E-state index contributed by atoms with van der Waals surface area (Å²) in [6, 6.07) is 9.64. The number of rotatable bonds is 6. The van der Waals surface area contributed by atoms with Crippen molar-refractivity contribution in [3.05, 3.63) is 77.8 Å². The third-order valence-corrected chi connectivity index (χ3v) is 5.34. The minimum Gasteiger partial charge on any atom is -0.377 e. The monoisotopic (exact) mass is 390 g/mol. The van der Waals surface area contributed by atoms with Gasteiger partial charge in [0.05, 0.1) is 22.5 Å². The third-order valence-electron chi connectivity index (χ3n) is 3.74. The second kappa shape index (κ2) is 7.67. The minimum atomic E-state index is -0.505. The Hall–Kier alpha value is -2.71. The highest BCUT2D eigenvalue weighted by molar-refractivity contribution is 7.12. The van der Waals surface area contributed by atoms with Crippen LogP contribution in [0.2, 0.25) is 5.02 Å². The van der Waals surface area contributed by atoms with E-state index in [1.54, 1.807) is 11.3 Å². The molecular weight excluding hydrogens is 376 g/mol. The minimum absolute atomic E-state index is 0.0191. The molecule has 1 aromatic carbocycles. The van der Waals surface area contributed by atoms with E-state index in [0.717, 1.165) is 16.0 Å². The van der Waals surface area contributed by atoms with Gasteiger partial charge >= 0.3 is 0 Å². The van der Waals surface area contributed by atoms with Crippen LogP contribution in [-0.2, 0) is 13.0 Å². The van der Waals surface area contributed by atoms with Crippen LogP contribution in [0.3, 0.4) is 0 Å². The molecular formula is C17H15ClN4O3S. The van der Waals surface area contributed by atoms with E-state index in [2.05, 4.69) is 23.4 Å². The number of benzene rings is 1. The first kappa shape index (κ1) is 18.1. The number of aromatic nitrogens is 2. The van der Waals surface area contributed by atoms with Crippen molar-refractivity contribution in [1.29, 1.82) is 0 Å². The first-order chi connectivity index (χ1) is 12.5. The van der Waals surface area contributed by atoms with Crippen molar-refractivity contribution >= 4 is 34.3 Å². The number of nitrogens with one attached hydrogen (secondary N) is 1. The predicted octanol–water partition coefficient (Wildman–Crippen LogP) is 4.03. The lowest BCUT2D eigenvalue weighted by atomic mass is 10.3. The summed E-state index contributed by atoms with van der Waals surface area (Å²) in [5.74, 6) is 0. The molecule has 0 aliphatic carbocycles. The number of non-ortho nitro benzene ring substituents is 1. The van der Waals surface area contributed by atoms with Gasteiger partial charge in [-0.15, -0.1) is 11.3 Å². The van der Waals surface area contributed by atoms with Gasteiger partial charge in [-0.3, -0.25) is 14.9 Å². The van der Waals surface area contributed by atoms with E-state index >= 15 is 0 Å². The van der Waals surface area contributed by atoms with E-state index in [1.165, 1.54) is 35.3 Å². The zero-order valence-electron chi connectivity index (χ0n) is 13.8. The van der Waals surface area contributed by atoms with Gasteiger partial charge in [0.1, 0.15) is 5.02 Å². The molecule has 3 aromatic rings. The van der Waals surface area contributed by atoms with E-state index in [9.17, 15) is 14.9 Å². The van der Waals surface area contributed by atoms with Crippen LogP contribution in [0.4, 0.5) is 11.4 Å². The number of halogens is 1. The summed E-state index contributed by atoms with van der Waals surface area (Å²) in [4.78, 5) is 25.1. The number of aryl methyl sites for hydroxylation is 1. The Kier molecular flexibility index (Phi) is 5.34. The van der Waals surface area contributed by atoms with Crippen LogP contribution in [0.15, 0.2) is 47.4 Å². The lowest BCUT2D eigenvalue weighted by molar-refractivity contribution is -0.384. The quantitative estimate of drug-likeness (QED) is 0.507. The number of nitro groups is 1. The summed E-state index contributed by atoms with van der Waals surface area (Å²) in [5, 5.41) is 18.0. The third kappa shape index (κ3) is 3.76. The first-order valence-electron chi connectivity index (χ1n) is 7.83. The standard InChI is InChI=1S/C17H15ClN4O3S/c1-2-13-7-8-14(26-13)9-19-15-10-20-21(17(23)16(15)18)11-3-5-12(6-4-11)22(24)25/h3-8,10,19H,2,9H2,1H3. The van der Waals surface area contributed by atoms with Gasteiger partial charge in [-0.2, -0.15) is 9.78 Å². The smallest absolute Gasteiger partial charge is 0.292 e. The van der Waals surface area contributed by atoms with Crippen molar-refractivity contribution in [3.8, 4) is 5.69 Å². The molecule has 9 heteroatoms. The summed E-state index contributed by atoms with van der Waals surface area (Å²) >= 11 is 7.89. The summed E-state index contributed by atoms with van der Waals surface area (Å²) < 4.78 is 1.11. The fraction of sp³-hybridized carbons (Fsp3) is 0.176. The average molecular weight is 391 g/mol. The zero-order valence-corrected chi connectivity index (χ0v) is 15.4. The Morgan fingerprint density at radius 3 is 2.54 bits per heavy atom. The summed E-state index contributed by atoms with van der Waals surface area (Å²) in [6.07, 6.45) is 2.46. The van der Waals surface area contributed by atoms with Gasteiger partial charge in [-0.25, -0.2) is 0 Å². The predicted molar refractivity (Wildman–Crippen MR) is 103 cm³/mol. The number of thiophene rings is 1. The first-order valence-corrected chi connectivity index (χ1v) is 9.03. The Labute approximate surface area is 158 Å². The highest BCUT2D eigenvalue weighted by Gasteiger charge is 2.12. The van der Waals surface area contributed by atoms with Gasteiger partial charge in [0, 0.05) is 28.4 Å².